The number of carboxylic acid groups (broad SMARTS) is 1. The maximum atomic E-state index is 11.1. The lowest BCUT2D eigenvalue weighted by atomic mass is 10.1. The van der Waals surface area contributed by atoms with Gasteiger partial charge in [0, 0.05) is 24.0 Å². The summed E-state index contributed by atoms with van der Waals surface area (Å²) in [5, 5.41) is 15.5. The molecule has 0 amide bonds. The summed E-state index contributed by atoms with van der Waals surface area (Å²) in [7, 11) is 0. The minimum absolute atomic E-state index is 0.111. The van der Waals surface area contributed by atoms with E-state index in [0.717, 1.165) is 17.1 Å². The van der Waals surface area contributed by atoms with Crippen LogP contribution >= 0.6 is 22.9 Å². The number of nitrogens with one attached hydrogen (secondary N) is 1. The fourth-order valence-electron chi connectivity index (χ4n) is 1.71. The Kier molecular flexibility index (Phi) is 4.39. The number of aromatic nitrogens is 1. The lowest BCUT2D eigenvalue weighted by Crippen LogP contribution is -2.10. The first-order chi connectivity index (χ1) is 9.08. The predicted octanol–water partition coefficient (Wildman–Crippen LogP) is 3.46. The van der Waals surface area contributed by atoms with Crippen molar-refractivity contribution >= 4 is 34.6 Å². The van der Waals surface area contributed by atoms with E-state index < -0.39 is 5.97 Å². The third-order valence-electron chi connectivity index (χ3n) is 2.55. The summed E-state index contributed by atoms with van der Waals surface area (Å²) < 4.78 is 0. The van der Waals surface area contributed by atoms with Crippen molar-refractivity contribution < 1.29 is 9.90 Å². The fourth-order valence-corrected chi connectivity index (χ4v) is 2.74. The molecular weight excluding hydrogens is 284 g/mol. The molecule has 2 N–H and O–H groups in total. The first-order valence-electron chi connectivity index (χ1n) is 5.74. The first-order valence-corrected chi connectivity index (χ1v) is 7.00. The van der Waals surface area contributed by atoms with Crippen molar-refractivity contribution in [3.63, 3.8) is 0 Å². The molecule has 19 heavy (non-hydrogen) atoms. The maximum absolute atomic E-state index is 11.1. The zero-order valence-electron chi connectivity index (χ0n) is 10.3. The number of thiazole rings is 1. The summed E-state index contributed by atoms with van der Waals surface area (Å²) in [6.07, 6.45) is 0.754. The molecule has 2 aromatic rings. The molecule has 0 atom stereocenters. The van der Waals surface area contributed by atoms with Crippen LogP contribution in [0.3, 0.4) is 0 Å². The third kappa shape index (κ3) is 3.45. The molecule has 0 fully saturated rings. The Hall–Kier alpha value is -1.59. The molecule has 0 radical (unpaired) electrons. The van der Waals surface area contributed by atoms with Gasteiger partial charge in [-0.15, -0.1) is 11.3 Å². The number of hydrogen-bond donors (Lipinski definition) is 2. The highest BCUT2D eigenvalue weighted by Crippen LogP contribution is 2.24. The number of carbonyl (C=O) groups is 1. The van der Waals surface area contributed by atoms with E-state index in [1.807, 2.05) is 12.3 Å². The second kappa shape index (κ2) is 6.04. The Morgan fingerprint density at radius 2 is 2.32 bits per heavy atom. The summed E-state index contributed by atoms with van der Waals surface area (Å²) in [5.74, 6) is -1.03. The van der Waals surface area contributed by atoms with Crippen molar-refractivity contribution in [1.82, 2.24) is 4.98 Å². The van der Waals surface area contributed by atoms with Gasteiger partial charge >= 0.3 is 5.97 Å². The van der Waals surface area contributed by atoms with Gasteiger partial charge in [0.05, 0.1) is 15.7 Å². The first kappa shape index (κ1) is 13.8. The minimum atomic E-state index is -1.03. The average Bonchev–Trinajstić information content (AvgIpc) is 2.74. The van der Waals surface area contributed by atoms with Gasteiger partial charge < -0.3 is 10.4 Å². The van der Waals surface area contributed by atoms with Crippen LogP contribution in [0, 0.1) is 6.92 Å². The van der Waals surface area contributed by atoms with Gasteiger partial charge in [0.15, 0.2) is 0 Å². The summed E-state index contributed by atoms with van der Waals surface area (Å²) in [5.41, 5.74) is 1.65. The molecule has 1 aromatic carbocycles. The van der Waals surface area contributed by atoms with E-state index in [9.17, 15) is 4.79 Å². The smallest absolute Gasteiger partial charge is 0.339 e. The number of halogens is 1. The number of hydrogen-bond acceptors (Lipinski definition) is 4. The van der Waals surface area contributed by atoms with Gasteiger partial charge in [0.2, 0.25) is 0 Å². The SMILES string of the molecule is Cc1csc(CCNc2cccc(Cl)c2C(=O)O)n1. The summed E-state index contributed by atoms with van der Waals surface area (Å²) >= 11 is 7.50. The highest BCUT2D eigenvalue weighted by atomic mass is 35.5. The van der Waals surface area contributed by atoms with Crippen LogP contribution in [0.1, 0.15) is 21.1 Å². The van der Waals surface area contributed by atoms with Crippen LogP contribution in [-0.2, 0) is 6.42 Å². The maximum Gasteiger partial charge on any atom is 0.339 e. The normalized spacial score (nSPS) is 10.4. The molecular formula is C13H13ClN2O2S. The molecule has 6 heteroatoms. The van der Waals surface area contributed by atoms with Gasteiger partial charge in [0.25, 0.3) is 0 Å². The fraction of sp³-hybridized carbons (Fsp3) is 0.231. The monoisotopic (exact) mass is 296 g/mol. The number of anilines is 1. The molecule has 0 aliphatic heterocycles. The van der Waals surface area contributed by atoms with Crippen molar-refractivity contribution in [3.05, 3.63) is 44.9 Å². The molecule has 0 aliphatic rings. The van der Waals surface area contributed by atoms with E-state index in [1.165, 1.54) is 0 Å². The second-order valence-corrected chi connectivity index (χ2v) is 5.38. The summed E-state index contributed by atoms with van der Waals surface area (Å²) in [6.45, 7) is 2.57. The van der Waals surface area contributed by atoms with Crippen molar-refractivity contribution in [3.8, 4) is 0 Å². The summed E-state index contributed by atoms with van der Waals surface area (Å²) in [6, 6.07) is 5.01. The molecule has 0 saturated carbocycles. The molecule has 1 aromatic heterocycles. The van der Waals surface area contributed by atoms with Crippen LogP contribution in [0.2, 0.25) is 5.02 Å². The molecule has 0 saturated heterocycles. The van der Waals surface area contributed by atoms with E-state index in [2.05, 4.69) is 10.3 Å². The van der Waals surface area contributed by atoms with E-state index in [4.69, 9.17) is 16.7 Å². The molecule has 0 spiro atoms. The van der Waals surface area contributed by atoms with Crippen LogP contribution in [-0.4, -0.2) is 22.6 Å². The van der Waals surface area contributed by atoms with Crippen molar-refractivity contribution in [2.45, 2.75) is 13.3 Å². The number of aromatic carboxylic acids is 1. The van der Waals surface area contributed by atoms with Gasteiger partial charge in [0.1, 0.15) is 5.56 Å². The van der Waals surface area contributed by atoms with E-state index in [-0.39, 0.29) is 10.6 Å². The van der Waals surface area contributed by atoms with Gasteiger partial charge in [-0.3, -0.25) is 0 Å². The average molecular weight is 297 g/mol. The zero-order valence-corrected chi connectivity index (χ0v) is 11.9. The van der Waals surface area contributed by atoms with Gasteiger partial charge in [-0.25, -0.2) is 9.78 Å². The van der Waals surface area contributed by atoms with E-state index in [0.29, 0.717) is 12.2 Å². The third-order valence-corrected chi connectivity index (χ3v) is 3.89. The Labute approximate surface area is 120 Å². The van der Waals surface area contributed by atoms with Gasteiger partial charge in [-0.2, -0.15) is 0 Å². The van der Waals surface area contributed by atoms with E-state index >= 15 is 0 Å². The summed E-state index contributed by atoms with van der Waals surface area (Å²) in [4.78, 5) is 15.5. The lowest BCUT2D eigenvalue weighted by molar-refractivity contribution is 0.0698. The quantitative estimate of drug-likeness (QED) is 0.887. The molecule has 1 heterocycles. The van der Waals surface area contributed by atoms with Crippen molar-refractivity contribution in [2.24, 2.45) is 0 Å². The van der Waals surface area contributed by atoms with Crippen molar-refractivity contribution in [2.75, 3.05) is 11.9 Å². The van der Waals surface area contributed by atoms with Gasteiger partial charge in [-0.1, -0.05) is 17.7 Å². The number of nitrogens with zero attached hydrogens (tertiary/aromatic N) is 1. The standard InChI is InChI=1S/C13H13ClN2O2S/c1-8-7-19-11(16-8)5-6-15-10-4-2-3-9(14)12(10)13(17)18/h2-4,7,15H,5-6H2,1H3,(H,17,18). The molecule has 0 bridgehead atoms. The molecule has 0 unspecified atom stereocenters. The van der Waals surface area contributed by atoms with Crippen LogP contribution in [0.25, 0.3) is 0 Å². The highest BCUT2D eigenvalue weighted by molar-refractivity contribution is 7.09. The minimum Gasteiger partial charge on any atom is -0.478 e. The van der Waals surface area contributed by atoms with Crippen molar-refractivity contribution in [1.29, 1.82) is 0 Å². The largest absolute Gasteiger partial charge is 0.478 e. The molecule has 100 valence electrons. The van der Waals surface area contributed by atoms with Gasteiger partial charge in [-0.05, 0) is 19.1 Å². The number of carboxylic acids is 1. The zero-order chi connectivity index (χ0) is 13.8. The molecule has 4 nitrogen and oxygen atoms in total. The Morgan fingerprint density at radius 1 is 1.53 bits per heavy atom. The van der Waals surface area contributed by atoms with Crippen LogP contribution in [0.15, 0.2) is 23.6 Å². The highest BCUT2D eigenvalue weighted by Gasteiger charge is 2.13. The van der Waals surface area contributed by atoms with E-state index in [1.54, 1.807) is 29.5 Å². The Balaban J connectivity index is 2.03. The number of rotatable bonds is 5. The molecule has 0 aliphatic carbocycles. The number of benzene rings is 1. The second-order valence-electron chi connectivity index (χ2n) is 4.03. The Morgan fingerprint density at radius 3 is 2.95 bits per heavy atom. The molecule has 2 rings (SSSR count). The topological polar surface area (TPSA) is 62.2 Å². The number of aryl methyl sites for hydroxylation is 1. The Bertz CT molecular complexity index is 598. The predicted molar refractivity (Wildman–Crippen MR) is 77.5 cm³/mol. The van der Waals surface area contributed by atoms with Crippen LogP contribution in [0.5, 0.6) is 0 Å². The lowest BCUT2D eigenvalue weighted by Gasteiger charge is -2.09. The van der Waals surface area contributed by atoms with Crippen LogP contribution < -0.4 is 5.32 Å². The van der Waals surface area contributed by atoms with Crippen LogP contribution in [0.4, 0.5) is 5.69 Å².